The first-order valence-corrected chi connectivity index (χ1v) is 9.95. The van der Waals surface area contributed by atoms with Crippen LogP contribution < -0.4 is 10.5 Å². The summed E-state index contributed by atoms with van der Waals surface area (Å²) in [6.45, 7) is 4.59. The molecule has 0 atom stereocenters. The molecule has 3 aliphatic rings. The van der Waals surface area contributed by atoms with Crippen LogP contribution in [-0.2, 0) is 4.79 Å². The molecule has 0 unspecified atom stereocenters. The van der Waals surface area contributed by atoms with Gasteiger partial charge in [0.15, 0.2) is 0 Å². The van der Waals surface area contributed by atoms with Gasteiger partial charge in [0.1, 0.15) is 5.75 Å². The topological polar surface area (TPSA) is 79.1 Å². The number of amides is 2. The molecule has 1 aromatic carbocycles. The molecule has 3 fully saturated rings. The fraction of sp³-hybridized carbons (Fsp3) is 0.600. The number of carbonyl (C=O) groups excluding carboxylic acids is 2. The Morgan fingerprint density at radius 1 is 0.926 bits per heavy atom. The minimum absolute atomic E-state index is 0.0979. The number of ether oxygens (including phenoxy) is 1. The van der Waals surface area contributed by atoms with E-state index < -0.39 is 6.09 Å². The Hall–Kier alpha value is -2.28. The normalized spacial score (nSPS) is 21.9. The number of carbonyl (C=O) groups is 2. The molecule has 0 radical (unpaired) electrons. The smallest absolute Gasteiger partial charge is 0.410 e. The zero-order valence-corrected chi connectivity index (χ0v) is 15.7. The number of rotatable bonds is 3. The van der Waals surface area contributed by atoms with Gasteiger partial charge in [-0.25, -0.2) is 4.79 Å². The molecule has 7 heteroatoms. The third kappa shape index (κ3) is 4.03. The van der Waals surface area contributed by atoms with Gasteiger partial charge < -0.3 is 20.3 Å². The Kier molecular flexibility index (Phi) is 5.20. The van der Waals surface area contributed by atoms with Crippen LogP contribution in [0.15, 0.2) is 24.3 Å². The molecule has 0 aromatic heterocycles. The number of nitrogens with zero attached hydrogens (tertiary/aromatic N) is 3. The lowest BCUT2D eigenvalue weighted by Crippen LogP contribution is -2.57. The largest absolute Gasteiger partial charge is 0.415 e. The van der Waals surface area contributed by atoms with Gasteiger partial charge in [-0.3, -0.25) is 9.69 Å². The van der Waals surface area contributed by atoms with Crippen molar-refractivity contribution in [3.63, 3.8) is 0 Å². The third-order valence-corrected chi connectivity index (χ3v) is 6.01. The van der Waals surface area contributed by atoms with E-state index in [0.717, 1.165) is 38.6 Å². The number of nitrogens with two attached hydrogens (primary N) is 1. The maximum absolute atomic E-state index is 12.8. The van der Waals surface area contributed by atoms with Crippen molar-refractivity contribution < 1.29 is 14.3 Å². The van der Waals surface area contributed by atoms with Gasteiger partial charge in [0.25, 0.3) is 0 Å². The summed E-state index contributed by atoms with van der Waals surface area (Å²) in [4.78, 5) is 31.1. The van der Waals surface area contributed by atoms with E-state index in [-0.39, 0.29) is 11.8 Å². The standard InChI is InChI=1S/C20H28N4O3/c21-16-5-7-18(8-6-16)27-20(26)24-13-15(14-24)19(25)23-10-2-9-22(11-12-23)17-3-1-4-17/h5-8,15,17H,1-4,9-14,21H2. The molecule has 0 bridgehead atoms. The lowest BCUT2D eigenvalue weighted by atomic mass is 9.91. The molecule has 2 amide bonds. The number of nitrogen functional groups attached to an aromatic ring is 1. The number of benzene rings is 1. The Morgan fingerprint density at radius 2 is 1.67 bits per heavy atom. The summed E-state index contributed by atoms with van der Waals surface area (Å²) in [6, 6.07) is 7.46. The highest BCUT2D eigenvalue weighted by atomic mass is 16.6. The van der Waals surface area contributed by atoms with Gasteiger partial charge in [0.05, 0.1) is 5.92 Å². The summed E-state index contributed by atoms with van der Waals surface area (Å²) < 4.78 is 5.33. The minimum Gasteiger partial charge on any atom is -0.410 e. The summed E-state index contributed by atoms with van der Waals surface area (Å²) in [6.07, 6.45) is 4.59. The van der Waals surface area contributed by atoms with E-state index >= 15 is 0 Å². The van der Waals surface area contributed by atoms with Crippen LogP contribution >= 0.6 is 0 Å². The summed E-state index contributed by atoms with van der Waals surface area (Å²) in [5.74, 6) is 0.550. The Balaban J connectivity index is 1.23. The summed E-state index contributed by atoms with van der Waals surface area (Å²) in [5.41, 5.74) is 6.25. The molecule has 2 N–H and O–H groups in total. The number of anilines is 1. The van der Waals surface area contributed by atoms with E-state index in [1.807, 2.05) is 4.90 Å². The van der Waals surface area contributed by atoms with Crippen molar-refractivity contribution >= 4 is 17.7 Å². The molecule has 7 nitrogen and oxygen atoms in total. The molecule has 146 valence electrons. The fourth-order valence-corrected chi connectivity index (χ4v) is 4.02. The zero-order chi connectivity index (χ0) is 18.8. The second-order valence-corrected chi connectivity index (χ2v) is 7.84. The minimum atomic E-state index is -0.407. The molecule has 2 saturated heterocycles. The predicted octanol–water partition coefficient (Wildman–Crippen LogP) is 1.79. The van der Waals surface area contributed by atoms with Crippen molar-refractivity contribution in [2.24, 2.45) is 5.92 Å². The van der Waals surface area contributed by atoms with Gasteiger partial charge in [0, 0.05) is 51.0 Å². The molecule has 2 heterocycles. The van der Waals surface area contributed by atoms with Crippen LogP contribution in [0.2, 0.25) is 0 Å². The highest BCUT2D eigenvalue weighted by molar-refractivity contribution is 5.83. The van der Waals surface area contributed by atoms with Crippen LogP contribution in [-0.4, -0.2) is 72.0 Å². The van der Waals surface area contributed by atoms with Crippen molar-refractivity contribution in [3.8, 4) is 5.75 Å². The first-order chi connectivity index (χ1) is 13.1. The van der Waals surface area contributed by atoms with E-state index in [1.165, 1.54) is 19.3 Å². The number of likely N-dealkylation sites (tertiary alicyclic amines) is 1. The fourth-order valence-electron chi connectivity index (χ4n) is 4.02. The van der Waals surface area contributed by atoms with Crippen molar-refractivity contribution in [1.29, 1.82) is 0 Å². The van der Waals surface area contributed by atoms with Crippen molar-refractivity contribution in [2.45, 2.75) is 31.7 Å². The molecule has 1 aromatic rings. The molecule has 27 heavy (non-hydrogen) atoms. The third-order valence-electron chi connectivity index (χ3n) is 6.01. The van der Waals surface area contributed by atoms with Crippen molar-refractivity contribution in [2.75, 3.05) is 45.0 Å². The van der Waals surface area contributed by atoms with E-state index in [1.54, 1.807) is 29.2 Å². The zero-order valence-electron chi connectivity index (χ0n) is 15.7. The van der Waals surface area contributed by atoms with Crippen LogP contribution in [0.1, 0.15) is 25.7 Å². The van der Waals surface area contributed by atoms with Gasteiger partial charge in [-0.05, 0) is 43.5 Å². The van der Waals surface area contributed by atoms with Crippen molar-refractivity contribution in [3.05, 3.63) is 24.3 Å². The SMILES string of the molecule is Nc1ccc(OC(=O)N2CC(C(=O)N3CCCN(C4CCC4)CC3)C2)cc1. The molecule has 1 aliphatic carbocycles. The van der Waals surface area contributed by atoms with Gasteiger partial charge in [-0.15, -0.1) is 0 Å². The van der Waals surface area contributed by atoms with E-state index in [0.29, 0.717) is 24.5 Å². The molecule has 0 spiro atoms. The Bertz CT molecular complexity index is 683. The quantitative estimate of drug-likeness (QED) is 0.819. The summed E-state index contributed by atoms with van der Waals surface area (Å²) >= 11 is 0. The summed E-state index contributed by atoms with van der Waals surface area (Å²) in [5, 5.41) is 0. The van der Waals surface area contributed by atoms with E-state index in [9.17, 15) is 9.59 Å². The van der Waals surface area contributed by atoms with Crippen LogP contribution in [0.25, 0.3) is 0 Å². The van der Waals surface area contributed by atoms with Crippen molar-refractivity contribution in [1.82, 2.24) is 14.7 Å². The maximum Gasteiger partial charge on any atom is 0.415 e. The van der Waals surface area contributed by atoms with E-state index in [2.05, 4.69) is 4.90 Å². The monoisotopic (exact) mass is 372 g/mol. The summed E-state index contributed by atoms with van der Waals surface area (Å²) in [7, 11) is 0. The van der Waals surface area contributed by atoms with Crippen LogP contribution in [0.5, 0.6) is 5.75 Å². The molecular formula is C20H28N4O3. The lowest BCUT2D eigenvalue weighted by Gasteiger charge is -2.40. The lowest BCUT2D eigenvalue weighted by molar-refractivity contribution is -0.139. The average molecular weight is 372 g/mol. The van der Waals surface area contributed by atoms with Crippen LogP contribution in [0.3, 0.4) is 0 Å². The van der Waals surface area contributed by atoms with Gasteiger partial charge in [-0.2, -0.15) is 0 Å². The molecule has 2 aliphatic heterocycles. The Morgan fingerprint density at radius 3 is 2.33 bits per heavy atom. The highest BCUT2D eigenvalue weighted by Gasteiger charge is 2.39. The Labute approximate surface area is 160 Å². The number of hydrogen-bond donors (Lipinski definition) is 1. The second-order valence-electron chi connectivity index (χ2n) is 7.84. The molecule has 1 saturated carbocycles. The first-order valence-electron chi connectivity index (χ1n) is 9.95. The van der Waals surface area contributed by atoms with Crippen LogP contribution in [0.4, 0.5) is 10.5 Å². The van der Waals surface area contributed by atoms with Gasteiger partial charge >= 0.3 is 6.09 Å². The van der Waals surface area contributed by atoms with E-state index in [4.69, 9.17) is 10.5 Å². The predicted molar refractivity (Wildman–Crippen MR) is 102 cm³/mol. The second kappa shape index (κ2) is 7.76. The maximum atomic E-state index is 12.8. The average Bonchev–Trinajstić information content (AvgIpc) is 2.80. The van der Waals surface area contributed by atoms with Gasteiger partial charge in [0.2, 0.25) is 5.91 Å². The van der Waals surface area contributed by atoms with Crippen LogP contribution in [0, 0.1) is 5.92 Å². The highest BCUT2D eigenvalue weighted by Crippen LogP contribution is 2.26. The number of hydrogen-bond acceptors (Lipinski definition) is 5. The first kappa shape index (κ1) is 18.1. The van der Waals surface area contributed by atoms with Gasteiger partial charge in [-0.1, -0.05) is 6.42 Å². The molecule has 4 rings (SSSR count). The molecular weight excluding hydrogens is 344 g/mol.